The zero-order valence-corrected chi connectivity index (χ0v) is 17.7. The van der Waals surface area contributed by atoms with Crippen LogP contribution in [0.3, 0.4) is 0 Å². The molecule has 0 aromatic heterocycles. The van der Waals surface area contributed by atoms with Crippen LogP contribution in [0.4, 0.5) is 0 Å². The van der Waals surface area contributed by atoms with Crippen molar-refractivity contribution in [1.82, 2.24) is 4.90 Å². The molecule has 0 spiro atoms. The Morgan fingerprint density at radius 3 is 2.54 bits per heavy atom. The van der Waals surface area contributed by atoms with Crippen LogP contribution in [0.15, 0.2) is 28.1 Å². The van der Waals surface area contributed by atoms with Crippen LogP contribution in [0, 0.1) is 0 Å². The molecule has 152 valence electrons. The lowest BCUT2D eigenvalue weighted by atomic mass is 10.1. The normalized spacial score (nSPS) is 17.2. The summed E-state index contributed by atoms with van der Waals surface area (Å²) in [6.45, 7) is 9.97. The molecule has 2 rings (SSSR count). The third-order valence-electron chi connectivity index (χ3n) is 3.66. The van der Waals surface area contributed by atoms with E-state index in [2.05, 4.69) is 4.99 Å². The number of primary amides is 1. The fourth-order valence-electron chi connectivity index (χ4n) is 2.56. The monoisotopic (exact) mass is 405 g/mol. The molecule has 0 radical (unpaired) electrons. The van der Waals surface area contributed by atoms with E-state index < -0.39 is 5.91 Å². The van der Waals surface area contributed by atoms with Crippen molar-refractivity contribution in [2.24, 2.45) is 10.7 Å². The average Bonchev–Trinajstić information content (AvgIpc) is 2.89. The number of amides is 2. The van der Waals surface area contributed by atoms with Crippen molar-refractivity contribution < 1.29 is 19.1 Å². The molecule has 1 aromatic carbocycles. The number of hydrogen-bond donors (Lipinski definition) is 1. The van der Waals surface area contributed by atoms with Crippen molar-refractivity contribution in [1.29, 1.82) is 0 Å². The van der Waals surface area contributed by atoms with Crippen LogP contribution in [0.2, 0.25) is 0 Å². The van der Waals surface area contributed by atoms with Crippen LogP contribution < -0.4 is 15.2 Å². The maximum Gasteiger partial charge on any atom is 0.266 e. The van der Waals surface area contributed by atoms with Crippen molar-refractivity contribution >= 4 is 34.8 Å². The number of nitrogens with zero attached hydrogens (tertiary/aromatic N) is 2. The molecule has 0 saturated carbocycles. The molecular formula is C20H27N3O4S. The third kappa shape index (κ3) is 5.51. The molecule has 1 fully saturated rings. The van der Waals surface area contributed by atoms with Gasteiger partial charge in [0.25, 0.3) is 11.8 Å². The molecule has 1 aliphatic heterocycles. The van der Waals surface area contributed by atoms with E-state index in [1.165, 1.54) is 11.8 Å². The Kier molecular flexibility index (Phi) is 7.51. The summed E-state index contributed by atoms with van der Waals surface area (Å²) in [4.78, 5) is 30.7. The number of carbonyl (C=O) groups is 2. The minimum absolute atomic E-state index is 0.0203. The van der Waals surface area contributed by atoms with E-state index in [1.807, 2.05) is 40.7 Å². The van der Waals surface area contributed by atoms with Crippen LogP contribution in [0.25, 0.3) is 6.08 Å². The number of aliphatic imine (C=N–C) groups is 1. The van der Waals surface area contributed by atoms with Crippen molar-refractivity contribution in [2.45, 2.75) is 46.7 Å². The van der Waals surface area contributed by atoms with Crippen molar-refractivity contribution in [3.8, 4) is 11.5 Å². The van der Waals surface area contributed by atoms with Gasteiger partial charge in [-0.3, -0.25) is 19.5 Å². The standard InChI is InChI=1S/C20H27N3O4S/c1-6-26-16-9-14(7-8-15(16)27-11-18(21)24)10-17-19(25)23(13(4)5)20(28-17)22-12(2)3/h7-10,12-13H,6,11H2,1-5H3,(H2,21,24)/b17-10+,22-20?. The summed E-state index contributed by atoms with van der Waals surface area (Å²) in [5, 5.41) is 0.715. The number of nitrogens with two attached hydrogens (primary N) is 1. The van der Waals surface area contributed by atoms with Gasteiger partial charge in [-0.05, 0) is 70.2 Å². The predicted molar refractivity (Wildman–Crippen MR) is 112 cm³/mol. The van der Waals surface area contributed by atoms with Gasteiger partial charge in [0, 0.05) is 12.1 Å². The van der Waals surface area contributed by atoms with E-state index in [-0.39, 0.29) is 24.6 Å². The van der Waals surface area contributed by atoms with Crippen LogP contribution in [0.1, 0.15) is 40.2 Å². The summed E-state index contributed by atoms with van der Waals surface area (Å²) >= 11 is 1.37. The summed E-state index contributed by atoms with van der Waals surface area (Å²) in [5.74, 6) is 0.295. The van der Waals surface area contributed by atoms with Crippen LogP contribution in [0.5, 0.6) is 11.5 Å². The third-order valence-corrected chi connectivity index (χ3v) is 4.65. The van der Waals surface area contributed by atoms with Gasteiger partial charge in [0.2, 0.25) is 0 Å². The topological polar surface area (TPSA) is 94.2 Å². The van der Waals surface area contributed by atoms with Crippen molar-refractivity contribution in [2.75, 3.05) is 13.2 Å². The molecule has 8 heteroatoms. The van der Waals surface area contributed by atoms with Crippen LogP contribution in [-0.4, -0.2) is 47.2 Å². The largest absolute Gasteiger partial charge is 0.490 e. The number of ether oxygens (including phenoxy) is 2. The zero-order valence-electron chi connectivity index (χ0n) is 16.9. The highest BCUT2D eigenvalue weighted by Gasteiger charge is 2.35. The smallest absolute Gasteiger partial charge is 0.266 e. The molecule has 28 heavy (non-hydrogen) atoms. The minimum Gasteiger partial charge on any atom is -0.490 e. The van der Waals surface area contributed by atoms with Crippen LogP contribution in [-0.2, 0) is 9.59 Å². The summed E-state index contributed by atoms with van der Waals surface area (Å²) < 4.78 is 11.0. The quantitative estimate of drug-likeness (QED) is 0.671. The maximum atomic E-state index is 12.8. The molecule has 0 bridgehead atoms. The predicted octanol–water partition coefficient (Wildman–Crippen LogP) is 3.04. The maximum absolute atomic E-state index is 12.8. The second-order valence-corrected chi connectivity index (χ2v) is 7.79. The Morgan fingerprint density at radius 2 is 1.96 bits per heavy atom. The van der Waals surface area contributed by atoms with Gasteiger partial charge in [0.05, 0.1) is 11.5 Å². The van der Waals surface area contributed by atoms with Gasteiger partial charge in [0.15, 0.2) is 23.3 Å². The SMILES string of the molecule is CCOc1cc(/C=C2/SC(=NC(C)C)N(C(C)C)C2=O)ccc1OCC(N)=O. The van der Waals surface area contributed by atoms with Gasteiger partial charge in [0.1, 0.15) is 0 Å². The van der Waals surface area contributed by atoms with Gasteiger partial charge in [-0.25, -0.2) is 0 Å². The van der Waals surface area contributed by atoms with Gasteiger partial charge < -0.3 is 15.2 Å². The molecule has 2 amide bonds. The lowest BCUT2D eigenvalue weighted by molar-refractivity contribution is -0.123. The van der Waals surface area contributed by atoms with Crippen molar-refractivity contribution in [3.63, 3.8) is 0 Å². The summed E-state index contributed by atoms with van der Waals surface area (Å²) in [6, 6.07) is 5.40. The Bertz CT molecular complexity index is 803. The number of amidine groups is 1. The number of thioether (sulfide) groups is 1. The van der Waals surface area contributed by atoms with E-state index in [0.717, 1.165) is 5.56 Å². The molecule has 1 aliphatic rings. The molecule has 0 unspecified atom stereocenters. The fourth-order valence-corrected chi connectivity index (χ4v) is 3.79. The number of benzene rings is 1. The fraction of sp³-hybridized carbons (Fsp3) is 0.450. The summed E-state index contributed by atoms with van der Waals surface area (Å²) in [5.41, 5.74) is 5.92. The first kappa shape index (κ1) is 21.8. The van der Waals surface area contributed by atoms with E-state index in [4.69, 9.17) is 15.2 Å². The van der Waals surface area contributed by atoms with E-state index in [1.54, 1.807) is 23.1 Å². The second-order valence-electron chi connectivity index (χ2n) is 6.78. The molecular weight excluding hydrogens is 378 g/mol. The molecule has 7 nitrogen and oxygen atoms in total. The molecule has 1 aromatic rings. The van der Waals surface area contributed by atoms with Crippen molar-refractivity contribution in [3.05, 3.63) is 28.7 Å². The molecule has 1 heterocycles. The lowest BCUT2D eigenvalue weighted by Crippen LogP contribution is -2.35. The lowest BCUT2D eigenvalue weighted by Gasteiger charge is -2.20. The second kappa shape index (κ2) is 9.64. The molecule has 2 N–H and O–H groups in total. The highest BCUT2D eigenvalue weighted by molar-refractivity contribution is 8.18. The molecule has 0 atom stereocenters. The first-order valence-electron chi connectivity index (χ1n) is 9.21. The minimum atomic E-state index is -0.563. The first-order valence-corrected chi connectivity index (χ1v) is 10.0. The van der Waals surface area contributed by atoms with Gasteiger partial charge in [-0.1, -0.05) is 6.07 Å². The Labute approximate surface area is 170 Å². The summed E-state index contributed by atoms with van der Waals surface area (Å²) in [7, 11) is 0. The highest BCUT2D eigenvalue weighted by Crippen LogP contribution is 2.36. The highest BCUT2D eigenvalue weighted by atomic mass is 32.2. The average molecular weight is 406 g/mol. The van der Waals surface area contributed by atoms with Gasteiger partial charge >= 0.3 is 0 Å². The molecule has 1 saturated heterocycles. The Hall–Kier alpha value is -2.48. The number of carbonyl (C=O) groups excluding carboxylic acids is 2. The summed E-state index contributed by atoms with van der Waals surface area (Å²) in [6.07, 6.45) is 1.81. The van der Waals surface area contributed by atoms with E-state index in [0.29, 0.717) is 28.2 Å². The zero-order chi connectivity index (χ0) is 20.8. The van der Waals surface area contributed by atoms with E-state index >= 15 is 0 Å². The van der Waals surface area contributed by atoms with E-state index in [9.17, 15) is 9.59 Å². The van der Waals surface area contributed by atoms with Gasteiger partial charge in [-0.15, -0.1) is 0 Å². The Balaban J connectivity index is 2.34. The first-order chi connectivity index (χ1) is 13.2. The van der Waals surface area contributed by atoms with Crippen LogP contribution >= 0.6 is 11.8 Å². The molecule has 0 aliphatic carbocycles. The number of rotatable bonds is 8. The van der Waals surface area contributed by atoms with Gasteiger partial charge in [-0.2, -0.15) is 0 Å². The Morgan fingerprint density at radius 1 is 1.25 bits per heavy atom. The number of hydrogen-bond acceptors (Lipinski definition) is 6.